The van der Waals surface area contributed by atoms with E-state index in [-0.39, 0.29) is 23.4 Å². The number of amides is 1. The molecule has 0 saturated heterocycles. The predicted molar refractivity (Wildman–Crippen MR) is 103 cm³/mol. The SMILES string of the molecule is COc1ccc(NC(=O)Cn2nnc3c(cnn3-c3ccc(F)cc3)c2=O)cc1. The number of nitrogens with zero attached hydrogens (tertiary/aromatic N) is 5. The lowest BCUT2D eigenvalue weighted by Gasteiger charge is -2.07. The van der Waals surface area contributed by atoms with Crippen LogP contribution in [-0.4, -0.2) is 37.8 Å². The Morgan fingerprint density at radius 2 is 1.86 bits per heavy atom. The van der Waals surface area contributed by atoms with Crippen molar-refractivity contribution in [2.45, 2.75) is 6.54 Å². The average Bonchev–Trinajstić information content (AvgIpc) is 3.16. The van der Waals surface area contributed by atoms with Gasteiger partial charge in [0.25, 0.3) is 5.56 Å². The molecule has 0 spiro atoms. The van der Waals surface area contributed by atoms with Crippen LogP contribution in [0.25, 0.3) is 16.7 Å². The molecule has 1 amide bonds. The van der Waals surface area contributed by atoms with E-state index in [9.17, 15) is 14.0 Å². The third-order valence-electron chi connectivity index (χ3n) is 4.19. The Kier molecular flexibility index (Phi) is 4.73. The molecule has 9 nitrogen and oxygen atoms in total. The van der Waals surface area contributed by atoms with E-state index in [0.717, 1.165) is 4.68 Å². The molecule has 10 heteroatoms. The fourth-order valence-electron chi connectivity index (χ4n) is 2.75. The fraction of sp³-hybridized carbons (Fsp3) is 0.105. The highest BCUT2D eigenvalue weighted by Crippen LogP contribution is 2.15. The van der Waals surface area contributed by atoms with Gasteiger partial charge in [0.05, 0.1) is 19.0 Å². The van der Waals surface area contributed by atoms with Crippen molar-refractivity contribution in [3.63, 3.8) is 0 Å². The fourth-order valence-corrected chi connectivity index (χ4v) is 2.75. The number of halogens is 1. The smallest absolute Gasteiger partial charge is 0.281 e. The molecule has 0 aliphatic heterocycles. The van der Waals surface area contributed by atoms with E-state index >= 15 is 0 Å². The Hall–Kier alpha value is -4.08. The standard InChI is InChI=1S/C19H15FN6O3/c1-29-15-8-4-13(5-9-15)22-17(27)11-25-19(28)16-10-21-26(18(16)23-24-25)14-6-2-12(20)3-7-14/h2-10H,11H2,1H3,(H,22,27). The number of rotatable bonds is 5. The molecule has 0 bridgehead atoms. The van der Waals surface area contributed by atoms with Crippen LogP contribution in [0, 0.1) is 5.82 Å². The van der Waals surface area contributed by atoms with Gasteiger partial charge in [0.2, 0.25) is 5.91 Å². The van der Waals surface area contributed by atoms with Crippen LogP contribution in [0.2, 0.25) is 0 Å². The molecular formula is C19H15FN6O3. The van der Waals surface area contributed by atoms with Crippen LogP contribution in [0.3, 0.4) is 0 Å². The molecule has 2 heterocycles. The second-order valence-corrected chi connectivity index (χ2v) is 6.10. The van der Waals surface area contributed by atoms with Crippen LogP contribution in [0.4, 0.5) is 10.1 Å². The number of nitrogens with one attached hydrogen (secondary N) is 1. The van der Waals surface area contributed by atoms with Crippen molar-refractivity contribution in [2.24, 2.45) is 0 Å². The molecule has 2 aromatic carbocycles. The molecule has 0 saturated carbocycles. The van der Waals surface area contributed by atoms with Gasteiger partial charge in [-0.25, -0.2) is 13.8 Å². The highest BCUT2D eigenvalue weighted by Gasteiger charge is 2.14. The van der Waals surface area contributed by atoms with Gasteiger partial charge in [-0.1, -0.05) is 5.21 Å². The second kappa shape index (κ2) is 7.50. The quantitative estimate of drug-likeness (QED) is 0.553. The molecule has 0 aliphatic carbocycles. The number of carbonyl (C=O) groups excluding carboxylic acids is 1. The van der Waals surface area contributed by atoms with Gasteiger partial charge in [0.1, 0.15) is 23.5 Å². The minimum atomic E-state index is -0.506. The lowest BCUT2D eigenvalue weighted by atomic mass is 10.3. The first kappa shape index (κ1) is 18.3. The topological polar surface area (TPSA) is 104 Å². The van der Waals surface area contributed by atoms with Gasteiger partial charge < -0.3 is 10.1 Å². The zero-order chi connectivity index (χ0) is 20.4. The Bertz CT molecular complexity index is 1230. The van der Waals surface area contributed by atoms with Crippen molar-refractivity contribution < 1.29 is 13.9 Å². The number of hydrogen-bond acceptors (Lipinski definition) is 6. The van der Waals surface area contributed by atoms with Crippen LogP contribution < -0.4 is 15.6 Å². The minimum absolute atomic E-state index is 0.196. The number of fused-ring (bicyclic) bond motifs is 1. The number of ether oxygens (including phenoxy) is 1. The molecule has 4 aromatic rings. The Morgan fingerprint density at radius 1 is 1.14 bits per heavy atom. The van der Waals surface area contributed by atoms with E-state index < -0.39 is 11.5 Å². The van der Waals surface area contributed by atoms with E-state index in [1.165, 1.54) is 35.1 Å². The molecule has 146 valence electrons. The molecular weight excluding hydrogens is 379 g/mol. The van der Waals surface area contributed by atoms with Crippen LogP contribution >= 0.6 is 0 Å². The highest BCUT2D eigenvalue weighted by molar-refractivity contribution is 5.90. The van der Waals surface area contributed by atoms with E-state index in [4.69, 9.17) is 4.74 Å². The van der Waals surface area contributed by atoms with Crippen LogP contribution in [-0.2, 0) is 11.3 Å². The number of benzene rings is 2. The summed E-state index contributed by atoms with van der Waals surface area (Å²) >= 11 is 0. The molecule has 0 radical (unpaired) electrons. The summed E-state index contributed by atoms with van der Waals surface area (Å²) in [6.07, 6.45) is 1.34. The minimum Gasteiger partial charge on any atom is -0.497 e. The summed E-state index contributed by atoms with van der Waals surface area (Å²) in [6, 6.07) is 12.4. The summed E-state index contributed by atoms with van der Waals surface area (Å²) in [7, 11) is 1.55. The maximum absolute atomic E-state index is 13.1. The monoisotopic (exact) mass is 394 g/mol. The first-order chi connectivity index (χ1) is 14.0. The van der Waals surface area contributed by atoms with Crippen molar-refractivity contribution in [2.75, 3.05) is 12.4 Å². The summed E-state index contributed by atoms with van der Waals surface area (Å²) in [5.41, 5.74) is 0.800. The Morgan fingerprint density at radius 3 is 2.55 bits per heavy atom. The van der Waals surface area contributed by atoms with E-state index in [1.54, 1.807) is 31.4 Å². The lowest BCUT2D eigenvalue weighted by molar-refractivity contribution is -0.117. The molecule has 0 aliphatic rings. The molecule has 1 N–H and O–H groups in total. The zero-order valence-corrected chi connectivity index (χ0v) is 15.2. The van der Waals surface area contributed by atoms with Crippen molar-refractivity contribution in [3.8, 4) is 11.4 Å². The number of aromatic nitrogens is 5. The van der Waals surface area contributed by atoms with Crippen molar-refractivity contribution in [3.05, 3.63) is 70.9 Å². The molecule has 2 aromatic heterocycles. The maximum Gasteiger partial charge on any atom is 0.281 e. The summed E-state index contributed by atoms with van der Waals surface area (Å²) in [5.74, 6) is -0.160. The van der Waals surface area contributed by atoms with Gasteiger partial charge in [-0.3, -0.25) is 9.59 Å². The zero-order valence-electron chi connectivity index (χ0n) is 15.2. The van der Waals surface area contributed by atoms with Crippen LogP contribution in [0.15, 0.2) is 59.5 Å². The molecule has 0 unspecified atom stereocenters. The van der Waals surface area contributed by atoms with Crippen LogP contribution in [0.1, 0.15) is 0 Å². The van der Waals surface area contributed by atoms with Crippen molar-refractivity contribution in [1.82, 2.24) is 24.8 Å². The van der Waals surface area contributed by atoms with E-state index in [1.807, 2.05) is 0 Å². The molecule has 0 fully saturated rings. The summed E-state index contributed by atoms with van der Waals surface area (Å²) in [6.45, 7) is -0.310. The van der Waals surface area contributed by atoms with Gasteiger partial charge in [-0.15, -0.1) is 5.10 Å². The summed E-state index contributed by atoms with van der Waals surface area (Å²) < 4.78 is 20.5. The number of hydrogen-bond donors (Lipinski definition) is 1. The summed E-state index contributed by atoms with van der Waals surface area (Å²) in [4.78, 5) is 24.9. The van der Waals surface area contributed by atoms with Gasteiger partial charge in [-0.05, 0) is 48.5 Å². The van der Waals surface area contributed by atoms with Gasteiger partial charge in [-0.2, -0.15) is 5.10 Å². The summed E-state index contributed by atoms with van der Waals surface area (Å²) in [5, 5.41) is 14.8. The molecule has 29 heavy (non-hydrogen) atoms. The molecule has 4 rings (SSSR count). The third kappa shape index (κ3) is 3.68. The van der Waals surface area contributed by atoms with Crippen molar-refractivity contribution in [1.29, 1.82) is 0 Å². The van der Waals surface area contributed by atoms with Gasteiger partial charge in [0.15, 0.2) is 5.65 Å². The Labute approximate surface area is 163 Å². The highest BCUT2D eigenvalue weighted by atomic mass is 19.1. The van der Waals surface area contributed by atoms with Crippen molar-refractivity contribution >= 4 is 22.6 Å². The largest absolute Gasteiger partial charge is 0.497 e. The van der Waals surface area contributed by atoms with Gasteiger partial charge >= 0.3 is 0 Å². The normalized spacial score (nSPS) is 10.8. The average molecular weight is 394 g/mol. The van der Waals surface area contributed by atoms with E-state index in [2.05, 4.69) is 20.7 Å². The first-order valence-corrected chi connectivity index (χ1v) is 8.56. The number of methoxy groups -OCH3 is 1. The maximum atomic E-state index is 13.1. The van der Waals surface area contributed by atoms with Crippen LogP contribution in [0.5, 0.6) is 5.75 Å². The predicted octanol–water partition coefficient (Wildman–Crippen LogP) is 1.76. The van der Waals surface area contributed by atoms with Gasteiger partial charge in [0, 0.05) is 5.69 Å². The number of carbonyl (C=O) groups is 1. The molecule has 0 atom stereocenters. The second-order valence-electron chi connectivity index (χ2n) is 6.10. The first-order valence-electron chi connectivity index (χ1n) is 8.56. The van der Waals surface area contributed by atoms with E-state index in [0.29, 0.717) is 17.1 Å². The Balaban J connectivity index is 1.56. The third-order valence-corrected chi connectivity index (χ3v) is 4.19. The number of anilines is 1. The lowest BCUT2D eigenvalue weighted by Crippen LogP contribution is -2.30.